The Morgan fingerprint density at radius 1 is 1.47 bits per heavy atom. The maximum Gasteiger partial charge on any atom is 0.364 e. The van der Waals surface area contributed by atoms with E-state index < -0.39 is 49.2 Å². The Morgan fingerprint density at radius 2 is 2.06 bits per heavy atom. The largest absolute Gasteiger partial charge is 0.477 e. The van der Waals surface area contributed by atoms with Crippen molar-refractivity contribution in [3.63, 3.8) is 0 Å². The molecule has 1 rings (SSSR count). The molecule has 17 heavy (non-hydrogen) atoms. The summed E-state index contributed by atoms with van der Waals surface area (Å²) >= 11 is 0. The SMILES string of the molecule is O=C(O)[C@]1(O)C[C@@H](O)CC(C(O)C(O)CO)O1. The van der Waals surface area contributed by atoms with Gasteiger partial charge in [0.2, 0.25) is 0 Å². The number of aliphatic hydroxyl groups excluding tert-OH is 4. The number of hydrogen-bond donors (Lipinski definition) is 6. The van der Waals surface area contributed by atoms with Gasteiger partial charge in [-0.3, -0.25) is 0 Å². The standard InChI is InChI=1S/C9H16O8/c10-3-5(12)7(13)6-1-4(11)2-9(16,17-6)8(14)15/h4-7,10-13,16H,1-3H2,(H,14,15)/t4-,5?,6?,7?,9-/m0/s1. The molecule has 100 valence electrons. The second-order valence-corrected chi connectivity index (χ2v) is 4.08. The number of rotatable bonds is 4. The highest BCUT2D eigenvalue weighted by Crippen LogP contribution is 2.29. The molecule has 0 saturated carbocycles. The van der Waals surface area contributed by atoms with Crippen molar-refractivity contribution in [3.8, 4) is 0 Å². The minimum atomic E-state index is -2.60. The van der Waals surface area contributed by atoms with Crippen LogP contribution in [-0.4, -0.2) is 73.4 Å². The molecular formula is C9H16O8. The third-order valence-electron chi connectivity index (χ3n) is 2.66. The van der Waals surface area contributed by atoms with Crippen molar-refractivity contribution in [2.24, 2.45) is 0 Å². The maximum absolute atomic E-state index is 10.7. The van der Waals surface area contributed by atoms with Gasteiger partial charge in [0.05, 0.1) is 18.8 Å². The highest BCUT2D eigenvalue weighted by Gasteiger charge is 2.48. The molecular weight excluding hydrogens is 236 g/mol. The van der Waals surface area contributed by atoms with E-state index in [1.54, 1.807) is 0 Å². The normalized spacial score (nSPS) is 37.5. The molecule has 8 nitrogen and oxygen atoms in total. The van der Waals surface area contributed by atoms with Crippen molar-refractivity contribution in [1.82, 2.24) is 0 Å². The zero-order chi connectivity index (χ0) is 13.2. The summed E-state index contributed by atoms with van der Waals surface area (Å²) in [6, 6.07) is 0. The molecule has 1 fully saturated rings. The summed E-state index contributed by atoms with van der Waals surface area (Å²) in [6.07, 6.45) is -6.27. The van der Waals surface area contributed by atoms with Gasteiger partial charge in [-0.1, -0.05) is 0 Å². The minimum absolute atomic E-state index is 0.145. The lowest BCUT2D eigenvalue weighted by molar-refractivity contribution is -0.288. The smallest absolute Gasteiger partial charge is 0.364 e. The van der Waals surface area contributed by atoms with Crippen molar-refractivity contribution in [2.75, 3.05) is 6.61 Å². The van der Waals surface area contributed by atoms with Crippen LogP contribution in [0.3, 0.4) is 0 Å². The zero-order valence-electron chi connectivity index (χ0n) is 8.93. The predicted molar refractivity (Wildman–Crippen MR) is 51.8 cm³/mol. The Morgan fingerprint density at radius 3 is 2.53 bits per heavy atom. The molecule has 0 aromatic carbocycles. The van der Waals surface area contributed by atoms with Crippen LogP contribution in [-0.2, 0) is 9.53 Å². The van der Waals surface area contributed by atoms with E-state index in [-0.39, 0.29) is 6.42 Å². The summed E-state index contributed by atoms with van der Waals surface area (Å²) in [5.41, 5.74) is 0. The van der Waals surface area contributed by atoms with E-state index in [0.29, 0.717) is 0 Å². The Balaban J connectivity index is 2.78. The van der Waals surface area contributed by atoms with Crippen LogP contribution in [0.15, 0.2) is 0 Å². The number of ether oxygens (including phenoxy) is 1. The van der Waals surface area contributed by atoms with Crippen LogP contribution < -0.4 is 0 Å². The predicted octanol–water partition coefficient (Wildman–Crippen LogP) is -2.99. The van der Waals surface area contributed by atoms with Crippen LogP contribution >= 0.6 is 0 Å². The number of carbonyl (C=O) groups is 1. The maximum atomic E-state index is 10.7. The molecule has 0 bridgehead atoms. The summed E-state index contributed by atoms with van der Waals surface area (Å²) in [5, 5.41) is 55.0. The molecule has 0 aromatic rings. The Kier molecular flexibility index (Phi) is 4.42. The van der Waals surface area contributed by atoms with Gasteiger partial charge in [-0.2, -0.15) is 0 Å². The molecule has 0 spiro atoms. The van der Waals surface area contributed by atoms with Gasteiger partial charge in [0.1, 0.15) is 12.2 Å². The average molecular weight is 252 g/mol. The van der Waals surface area contributed by atoms with Crippen molar-refractivity contribution in [1.29, 1.82) is 0 Å². The zero-order valence-corrected chi connectivity index (χ0v) is 8.93. The van der Waals surface area contributed by atoms with E-state index in [2.05, 4.69) is 0 Å². The van der Waals surface area contributed by atoms with Gasteiger partial charge in [0.25, 0.3) is 5.79 Å². The molecule has 0 aromatic heterocycles. The molecule has 3 unspecified atom stereocenters. The van der Waals surface area contributed by atoms with Gasteiger partial charge < -0.3 is 35.4 Å². The molecule has 8 heteroatoms. The Hall–Kier alpha value is -0.770. The van der Waals surface area contributed by atoms with Crippen LogP contribution in [0.1, 0.15) is 12.8 Å². The van der Waals surface area contributed by atoms with Crippen molar-refractivity contribution in [2.45, 2.75) is 43.0 Å². The first kappa shape index (κ1) is 14.3. The molecule has 1 heterocycles. The van der Waals surface area contributed by atoms with E-state index in [4.69, 9.17) is 14.9 Å². The number of aliphatic hydroxyl groups is 5. The summed E-state index contributed by atoms with van der Waals surface area (Å²) < 4.78 is 4.77. The number of carboxylic acids is 1. The van der Waals surface area contributed by atoms with E-state index >= 15 is 0 Å². The third kappa shape index (κ3) is 3.12. The van der Waals surface area contributed by atoms with E-state index in [0.717, 1.165) is 0 Å². The summed E-state index contributed by atoms with van der Waals surface area (Å²) in [5.74, 6) is -4.29. The fraction of sp³-hybridized carbons (Fsp3) is 0.889. The monoisotopic (exact) mass is 252 g/mol. The lowest BCUT2D eigenvalue weighted by atomic mass is 9.93. The minimum Gasteiger partial charge on any atom is -0.477 e. The molecule has 0 amide bonds. The number of hydrogen-bond acceptors (Lipinski definition) is 7. The van der Waals surface area contributed by atoms with Crippen molar-refractivity contribution >= 4 is 5.97 Å². The molecule has 6 N–H and O–H groups in total. The quantitative estimate of drug-likeness (QED) is 0.310. The lowest BCUT2D eigenvalue weighted by Crippen LogP contribution is -2.56. The van der Waals surface area contributed by atoms with Crippen LogP contribution in [0.2, 0.25) is 0 Å². The Bertz CT molecular complexity index is 282. The van der Waals surface area contributed by atoms with Crippen LogP contribution in [0.25, 0.3) is 0 Å². The highest BCUT2D eigenvalue weighted by atomic mass is 16.7. The summed E-state index contributed by atoms with van der Waals surface area (Å²) in [6.45, 7) is -0.747. The van der Waals surface area contributed by atoms with Crippen LogP contribution in [0, 0.1) is 0 Å². The average Bonchev–Trinajstić information content (AvgIpc) is 2.25. The first-order chi connectivity index (χ1) is 7.80. The first-order valence-electron chi connectivity index (χ1n) is 5.09. The Labute approximate surface area is 96.7 Å². The van der Waals surface area contributed by atoms with Gasteiger partial charge in [0.15, 0.2) is 0 Å². The number of aliphatic carboxylic acids is 1. The van der Waals surface area contributed by atoms with Crippen LogP contribution in [0.4, 0.5) is 0 Å². The second kappa shape index (κ2) is 5.25. The molecule has 0 aliphatic carbocycles. The molecule has 1 aliphatic heterocycles. The van der Waals surface area contributed by atoms with Crippen LogP contribution in [0.5, 0.6) is 0 Å². The van der Waals surface area contributed by atoms with Crippen molar-refractivity contribution < 1.29 is 40.2 Å². The van der Waals surface area contributed by atoms with Crippen molar-refractivity contribution in [3.05, 3.63) is 0 Å². The molecule has 0 radical (unpaired) electrons. The van der Waals surface area contributed by atoms with E-state index in [9.17, 15) is 25.2 Å². The molecule has 1 saturated heterocycles. The van der Waals surface area contributed by atoms with Gasteiger partial charge in [0, 0.05) is 12.8 Å². The lowest BCUT2D eigenvalue weighted by Gasteiger charge is -2.39. The summed E-state index contributed by atoms with van der Waals surface area (Å²) in [4.78, 5) is 10.7. The fourth-order valence-electron chi connectivity index (χ4n) is 1.72. The topological polar surface area (TPSA) is 148 Å². The van der Waals surface area contributed by atoms with E-state index in [1.165, 1.54) is 0 Å². The highest BCUT2D eigenvalue weighted by molar-refractivity contribution is 5.75. The molecule has 5 atom stereocenters. The first-order valence-corrected chi connectivity index (χ1v) is 5.09. The van der Waals surface area contributed by atoms with Gasteiger partial charge >= 0.3 is 5.97 Å². The molecule has 1 aliphatic rings. The van der Waals surface area contributed by atoms with E-state index in [1.807, 2.05) is 0 Å². The summed E-state index contributed by atoms with van der Waals surface area (Å²) in [7, 11) is 0. The third-order valence-corrected chi connectivity index (χ3v) is 2.66. The van der Waals surface area contributed by atoms with Gasteiger partial charge in [-0.15, -0.1) is 0 Å². The van der Waals surface area contributed by atoms with Gasteiger partial charge in [-0.05, 0) is 0 Å². The van der Waals surface area contributed by atoms with Gasteiger partial charge in [-0.25, -0.2) is 4.79 Å². The fourth-order valence-corrected chi connectivity index (χ4v) is 1.72. The second-order valence-electron chi connectivity index (χ2n) is 4.08. The number of carboxylic acid groups (broad SMARTS) is 1.